The average molecular weight is 264 g/mol. The molecule has 0 aliphatic carbocycles. The van der Waals surface area contributed by atoms with Crippen LogP contribution in [0.5, 0.6) is 0 Å². The van der Waals surface area contributed by atoms with Gasteiger partial charge in [-0.2, -0.15) is 0 Å². The van der Waals surface area contributed by atoms with Gasteiger partial charge in [0, 0.05) is 19.2 Å². The highest BCUT2D eigenvalue weighted by Crippen LogP contribution is 2.28. The molecule has 106 valence electrons. The number of nitrogens with one attached hydrogen (secondary N) is 1. The van der Waals surface area contributed by atoms with E-state index in [1.165, 1.54) is 5.56 Å². The summed E-state index contributed by atoms with van der Waals surface area (Å²) >= 11 is 0. The second kappa shape index (κ2) is 6.70. The summed E-state index contributed by atoms with van der Waals surface area (Å²) in [4.78, 5) is 11.3. The van der Waals surface area contributed by atoms with Crippen LogP contribution in [-0.2, 0) is 11.2 Å². The Hall–Kier alpha value is -1.36. The quantitative estimate of drug-likeness (QED) is 0.882. The van der Waals surface area contributed by atoms with Crippen LogP contribution in [0.4, 0.5) is 11.6 Å². The van der Waals surface area contributed by atoms with Gasteiger partial charge in [0.2, 0.25) is 0 Å². The Morgan fingerprint density at radius 2 is 2.26 bits per heavy atom. The van der Waals surface area contributed by atoms with Crippen molar-refractivity contribution in [1.82, 2.24) is 9.97 Å². The number of hydrogen-bond donors (Lipinski definition) is 1. The molecule has 0 bridgehead atoms. The maximum atomic E-state index is 5.58. The number of nitrogens with zero attached hydrogens (tertiary/aromatic N) is 3. The molecule has 1 N–H and O–H groups in total. The molecule has 1 fully saturated rings. The van der Waals surface area contributed by atoms with E-state index in [-0.39, 0.29) is 0 Å². The third-order valence-corrected chi connectivity index (χ3v) is 3.63. The molecular formula is C14H24N4O. The second-order valence-electron chi connectivity index (χ2n) is 4.85. The van der Waals surface area contributed by atoms with Gasteiger partial charge in [-0.05, 0) is 12.8 Å². The third-order valence-electron chi connectivity index (χ3n) is 3.63. The van der Waals surface area contributed by atoms with Crippen LogP contribution in [0, 0.1) is 0 Å². The zero-order valence-corrected chi connectivity index (χ0v) is 12.1. The minimum absolute atomic E-state index is 0.420. The SMILES string of the molecule is CCCc1c(NC)ncnc1N1CCOCC1CC. The maximum Gasteiger partial charge on any atom is 0.137 e. The number of anilines is 2. The number of hydrogen-bond acceptors (Lipinski definition) is 5. The molecule has 0 aromatic carbocycles. The predicted octanol–water partition coefficient (Wildman–Crippen LogP) is 2.09. The Morgan fingerprint density at radius 3 is 2.95 bits per heavy atom. The molecule has 1 saturated heterocycles. The molecule has 1 aliphatic heterocycles. The van der Waals surface area contributed by atoms with Gasteiger partial charge in [-0.1, -0.05) is 20.3 Å². The number of rotatable bonds is 5. The van der Waals surface area contributed by atoms with Gasteiger partial charge < -0.3 is 15.0 Å². The van der Waals surface area contributed by atoms with Crippen LogP contribution < -0.4 is 10.2 Å². The highest BCUT2D eigenvalue weighted by atomic mass is 16.5. The Kier molecular flexibility index (Phi) is 4.96. The Balaban J connectivity index is 2.36. The minimum atomic E-state index is 0.420. The van der Waals surface area contributed by atoms with Gasteiger partial charge in [-0.3, -0.25) is 0 Å². The standard InChI is InChI=1S/C14H24N4O/c1-4-6-12-13(15-3)16-10-17-14(12)18-7-8-19-9-11(18)5-2/h10-11H,4-9H2,1-3H3,(H,15,16,17). The Morgan fingerprint density at radius 1 is 1.42 bits per heavy atom. The number of aromatic nitrogens is 2. The zero-order valence-electron chi connectivity index (χ0n) is 12.1. The van der Waals surface area contributed by atoms with E-state index >= 15 is 0 Å². The first kappa shape index (κ1) is 14.1. The van der Waals surface area contributed by atoms with E-state index in [1.54, 1.807) is 6.33 Å². The molecule has 2 rings (SSSR count). The van der Waals surface area contributed by atoms with E-state index < -0.39 is 0 Å². The molecule has 1 aromatic heterocycles. The van der Waals surface area contributed by atoms with Crippen LogP contribution >= 0.6 is 0 Å². The molecule has 0 radical (unpaired) electrons. The highest BCUT2D eigenvalue weighted by Gasteiger charge is 2.25. The first-order chi connectivity index (χ1) is 9.31. The maximum absolute atomic E-state index is 5.58. The van der Waals surface area contributed by atoms with E-state index in [9.17, 15) is 0 Å². The topological polar surface area (TPSA) is 50.3 Å². The molecule has 5 nitrogen and oxygen atoms in total. The van der Waals surface area contributed by atoms with Crippen molar-refractivity contribution in [2.45, 2.75) is 39.2 Å². The molecule has 1 aromatic rings. The van der Waals surface area contributed by atoms with Crippen molar-refractivity contribution < 1.29 is 4.74 Å². The van der Waals surface area contributed by atoms with Gasteiger partial charge in [0.05, 0.1) is 19.3 Å². The summed E-state index contributed by atoms with van der Waals surface area (Å²) in [5.41, 5.74) is 1.23. The Labute approximate surface area is 115 Å². The van der Waals surface area contributed by atoms with Crippen molar-refractivity contribution in [1.29, 1.82) is 0 Å². The fourth-order valence-electron chi connectivity index (χ4n) is 2.62. The highest BCUT2D eigenvalue weighted by molar-refractivity contribution is 5.59. The molecule has 0 amide bonds. The number of morpholine rings is 1. The lowest BCUT2D eigenvalue weighted by Gasteiger charge is -2.37. The van der Waals surface area contributed by atoms with Crippen LogP contribution in [0.3, 0.4) is 0 Å². The lowest BCUT2D eigenvalue weighted by molar-refractivity contribution is 0.0924. The van der Waals surface area contributed by atoms with Crippen LogP contribution in [0.25, 0.3) is 0 Å². The zero-order chi connectivity index (χ0) is 13.7. The molecule has 1 aliphatic rings. The minimum Gasteiger partial charge on any atom is -0.377 e. The van der Waals surface area contributed by atoms with Gasteiger partial charge >= 0.3 is 0 Å². The first-order valence-electron chi connectivity index (χ1n) is 7.17. The Bertz CT molecular complexity index is 410. The summed E-state index contributed by atoms with van der Waals surface area (Å²) in [6.07, 6.45) is 4.82. The summed E-state index contributed by atoms with van der Waals surface area (Å²) < 4.78 is 5.58. The summed E-state index contributed by atoms with van der Waals surface area (Å²) in [6.45, 7) is 6.87. The van der Waals surface area contributed by atoms with Crippen LogP contribution in [-0.4, -0.2) is 42.8 Å². The van der Waals surface area contributed by atoms with E-state index in [0.29, 0.717) is 6.04 Å². The monoisotopic (exact) mass is 264 g/mol. The van der Waals surface area contributed by atoms with Crippen LogP contribution in [0.2, 0.25) is 0 Å². The summed E-state index contributed by atoms with van der Waals surface area (Å²) in [5, 5.41) is 3.18. The van der Waals surface area contributed by atoms with E-state index in [1.807, 2.05) is 7.05 Å². The van der Waals surface area contributed by atoms with Crippen molar-refractivity contribution >= 4 is 11.6 Å². The van der Waals surface area contributed by atoms with E-state index in [4.69, 9.17) is 4.74 Å². The molecular weight excluding hydrogens is 240 g/mol. The fraction of sp³-hybridized carbons (Fsp3) is 0.714. The third kappa shape index (κ3) is 2.97. The van der Waals surface area contributed by atoms with Crippen molar-refractivity contribution in [3.05, 3.63) is 11.9 Å². The van der Waals surface area contributed by atoms with Crippen LogP contribution in [0.1, 0.15) is 32.3 Å². The molecule has 5 heteroatoms. The van der Waals surface area contributed by atoms with Gasteiger partial charge in [0.15, 0.2) is 0 Å². The summed E-state index contributed by atoms with van der Waals surface area (Å²) in [7, 11) is 1.92. The molecule has 19 heavy (non-hydrogen) atoms. The van der Waals surface area contributed by atoms with Gasteiger partial charge in [0.25, 0.3) is 0 Å². The largest absolute Gasteiger partial charge is 0.377 e. The normalized spacial score (nSPS) is 19.5. The molecule has 1 unspecified atom stereocenters. The summed E-state index contributed by atoms with van der Waals surface area (Å²) in [6, 6.07) is 0.420. The molecule has 2 heterocycles. The lowest BCUT2D eigenvalue weighted by atomic mass is 10.1. The fourth-order valence-corrected chi connectivity index (χ4v) is 2.62. The van der Waals surface area contributed by atoms with Gasteiger partial charge in [-0.15, -0.1) is 0 Å². The molecule has 0 saturated carbocycles. The second-order valence-corrected chi connectivity index (χ2v) is 4.85. The summed E-state index contributed by atoms with van der Waals surface area (Å²) in [5.74, 6) is 2.03. The predicted molar refractivity (Wildman–Crippen MR) is 77.8 cm³/mol. The van der Waals surface area contributed by atoms with Crippen molar-refractivity contribution in [2.75, 3.05) is 37.0 Å². The first-order valence-corrected chi connectivity index (χ1v) is 7.17. The van der Waals surface area contributed by atoms with Crippen molar-refractivity contribution in [3.63, 3.8) is 0 Å². The van der Waals surface area contributed by atoms with Gasteiger partial charge in [0.1, 0.15) is 18.0 Å². The van der Waals surface area contributed by atoms with Gasteiger partial charge in [-0.25, -0.2) is 9.97 Å². The van der Waals surface area contributed by atoms with E-state index in [0.717, 1.165) is 50.7 Å². The van der Waals surface area contributed by atoms with Crippen molar-refractivity contribution in [2.24, 2.45) is 0 Å². The lowest BCUT2D eigenvalue weighted by Crippen LogP contribution is -2.46. The molecule has 1 atom stereocenters. The average Bonchev–Trinajstić information content (AvgIpc) is 2.47. The smallest absolute Gasteiger partial charge is 0.137 e. The van der Waals surface area contributed by atoms with Crippen LogP contribution in [0.15, 0.2) is 6.33 Å². The molecule has 0 spiro atoms. The van der Waals surface area contributed by atoms with E-state index in [2.05, 4.69) is 34.0 Å². The number of ether oxygens (including phenoxy) is 1. The van der Waals surface area contributed by atoms with Crippen molar-refractivity contribution in [3.8, 4) is 0 Å².